The Morgan fingerprint density at radius 3 is 2.65 bits per heavy atom. The molecule has 2 aliphatic rings. The van der Waals surface area contributed by atoms with Crippen molar-refractivity contribution >= 4 is 17.3 Å². The molecule has 0 spiro atoms. The second kappa shape index (κ2) is 8.12. The summed E-state index contributed by atoms with van der Waals surface area (Å²) in [4.78, 5) is 0. The second-order valence-electron chi connectivity index (χ2n) is 7.83. The van der Waals surface area contributed by atoms with Gasteiger partial charge in [-0.2, -0.15) is 5.10 Å². The van der Waals surface area contributed by atoms with Crippen LogP contribution in [0.5, 0.6) is 11.5 Å². The van der Waals surface area contributed by atoms with Crippen LogP contribution in [0.4, 0.5) is 0 Å². The van der Waals surface area contributed by atoms with E-state index < -0.39 is 0 Å². The van der Waals surface area contributed by atoms with Gasteiger partial charge in [0, 0.05) is 22.6 Å². The highest BCUT2D eigenvalue weighted by atomic mass is 35.5. The fraction of sp³-hybridized carbons (Fsp3) is 0.192. The van der Waals surface area contributed by atoms with E-state index in [1.54, 1.807) is 6.08 Å². The lowest BCUT2D eigenvalue weighted by molar-refractivity contribution is -0.0190. The lowest BCUT2D eigenvalue weighted by Gasteiger charge is -2.38. The molecule has 0 bridgehead atoms. The first-order valence-electron chi connectivity index (χ1n) is 10.3. The van der Waals surface area contributed by atoms with E-state index in [1.807, 2.05) is 42.5 Å². The fourth-order valence-corrected chi connectivity index (χ4v) is 4.26. The zero-order valence-electron chi connectivity index (χ0n) is 17.3. The summed E-state index contributed by atoms with van der Waals surface area (Å²) in [7, 11) is 0. The van der Waals surface area contributed by atoms with E-state index in [9.17, 15) is 0 Å². The molecule has 2 atom stereocenters. The summed E-state index contributed by atoms with van der Waals surface area (Å²) in [6.07, 6.45) is 2.21. The van der Waals surface area contributed by atoms with E-state index in [-0.39, 0.29) is 12.3 Å². The summed E-state index contributed by atoms with van der Waals surface area (Å²) in [5, 5.41) is 7.77. The van der Waals surface area contributed by atoms with Gasteiger partial charge in [0.05, 0.1) is 11.8 Å². The quantitative estimate of drug-likeness (QED) is 0.436. The number of fused-ring (bicyclic) bond motifs is 3. The van der Waals surface area contributed by atoms with E-state index in [1.165, 1.54) is 5.56 Å². The van der Waals surface area contributed by atoms with Crippen LogP contribution in [0, 0.1) is 6.92 Å². The molecule has 0 saturated carbocycles. The van der Waals surface area contributed by atoms with Gasteiger partial charge in [0.2, 0.25) is 6.23 Å². The molecule has 0 N–H and O–H groups in total. The van der Waals surface area contributed by atoms with Crippen molar-refractivity contribution in [2.75, 3.05) is 6.61 Å². The number of aryl methyl sites for hydroxylation is 1. The lowest BCUT2D eigenvalue weighted by Crippen LogP contribution is -2.33. The highest BCUT2D eigenvalue weighted by Crippen LogP contribution is 2.48. The molecule has 0 saturated heterocycles. The van der Waals surface area contributed by atoms with Crippen LogP contribution in [0.1, 0.15) is 40.9 Å². The van der Waals surface area contributed by atoms with Gasteiger partial charge < -0.3 is 9.47 Å². The second-order valence-corrected chi connectivity index (χ2v) is 8.27. The molecule has 31 heavy (non-hydrogen) atoms. The third-order valence-electron chi connectivity index (χ3n) is 5.67. The Morgan fingerprint density at radius 1 is 1.13 bits per heavy atom. The highest BCUT2D eigenvalue weighted by molar-refractivity contribution is 6.30. The van der Waals surface area contributed by atoms with Crippen molar-refractivity contribution in [2.24, 2.45) is 5.10 Å². The van der Waals surface area contributed by atoms with Gasteiger partial charge in [-0.1, -0.05) is 54.1 Å². The predicted molar refractivity (Wildman–Crippen MR) is 124 cm³/mol. The Bertz CT molecular complexity index is 1140. The zero-order valence-corrected chi connectivity index (χ0v) is 18.0. The SMILES string of the molecule is C=CCOc1ccc(C2Oc3ccc(Cl)cc3C3CC(c4ccc(C)cc4)=NN32)cc1. The van der Waals surface area contributed by atoms with Gasteiger partial charge in [-0.25, -0.2) is 5.01 Å². The minimum absolute atomic E-state index is 0.0699. The Balaban J connectivity index is 1.52. The first-order chi connectivity index (χ1) is 15.1. The largest absolute Gasteiger partial charge is 0.490 e. The summed E-state index contributed by atoms with van der Waals surface area (Å²) in [5.41, 5.74) is 5.51. The monoisotopic (exact) mass is 430 g/mol. The van der Waals surface area contributed by atoms with Crippen molar-refractivity contribution in [3.63, 3.8) is 0 Å². The summed E-state index contributed by atoms with van der Waals surface area (Å²) in [6, 6.07) is 22.4. The first-order valence-corrected chi connectivity index (χ1v) is 10.7. The molecule has 0 radical (unpaired) electrons. The molecule has 0 aliphatic carbocycles. The van der Waals surface area contributed by atoms with Crippen LogP contribution in [0.3, 0.4) is 0 Å². The molecule has 2 unspecified atom stereocenters. The van der Waals surface area contributed by atoms with Crippen LogP contribution in [-0.4, -0.2) is 17.3 Å². The van der Waals surface area contributed by atoms with Crippen LogP contribution >= 0.6 is 11.6 Å². The molecule has 156 valence electrons. The van der Waals surface area contributed by atoms with Crippen molar-refractivity contribution < 1.29 is 9.47 Å². The zero-order chi connectivity index (χ0) is 21.4. The number of halogens is 1. The van der Waals surface area contributed by atoms with Gasteiger partial charge in [0.25, 0.3) is 0 Å². The number of hydrogen-bond acceptors (Lipinski definition) is 4. The summed E-state index contributed by atoms with van der Waals surface area (Å²) in [5.74, 6) is 1.65. The topological polar surface area (TPSA) is 34.1 Å². The first kappa shape index (κ1) is 19.7. The number of hydrogen-bond donors (Lipinski definition) is 0. The Hall–Kier alpha value is -3.24. The Kier molecular flexibility index (Phi) is 5.16. The summed E-state index contributed by atoms with van der Waals surface area (Å²) < 4.78 is 12.0. The predicted octanol–water partition coefficient (Wildman–Crippen LogP) is 6.46. The van der Waals surface area contributed by atoms with Crippen molar-refractivity contribution in [2.45, 2.75) is 25.6 Å². The summed E-state index contributed by atoms with van der Waals surface area (Å²) in [6.45, 7) is 6.26. The number of ether oxygens (including phenoxy) is 2. The van der Waals surface area contributed by atoms with Crippen LogP contribution in [-0.2, 0) is 0 Å². The maximum absolute atomic E-state index is 6.41. The normalized spacial score (nSPS) is 19.2. The third kappa shape index (κ3) is 3.79. The molecule has 0 fully saturated rings. The number of rotatable bonds is 5. The molecule has 0 aromatic heterocycles. The minimum atomic E-state index is -0.324. The van der Waals surface area contributed by atoms with E-state index in [2.05, 4.69) is 42.8 Å². The maximum Gasteiger partial charge on any atom is 0.213 e. The molecular weight excluding hydrogens is 408 g/mol. The van der Waals surface area contributed by atoms with Gasteiger partial charge in [0.1, 0.15) is 18.1 Å². The van der Waals surface area contributed by atoms with E-state index >= 15 is 0 Å². The third-order valence-corrected chi connectivity index (χ3v) is 5.90. The number of hydrazone groups is 1. The van der Waals surface area contributed by atoms with Crippen molar-refractivity contribution in [1.82, 2.24) is 5.01 Å². The molecule has 2 aliphatic heterocycles. The lowest BCUT2D eigenvalue weighted by atomic mass is 9.95. The van der Waals surface area contributed by atoms with Gasteiger partial charge in [-0.3, -0.25) is 0 Å². The van der Waals surface area contributed by atoms with Crippen LogP contribution in [0.25, 0.3) is 0 Å². The molecule has 2 heterocycles. The molecule has 5 heteroatoms. The smallest absolute Gasteiger partial charge is 0.213 e. The molecular formula is C26H23ClN2O2. The fourth-order valence-electron chi connectivity index (χ4n) is 4.08. The molecule has 3 aromatic carbocycles. The van der Waals surface area contributed by atoms with Crippen molar-refractivity contribution in [3.8, 4) is 11.5 Å². The van der Waals surface area contributed by atoms with Crippen LogP contribution < -0.4 is 9.47 Å². The van der Waals surface area contributed by atoms with Gasteiger partial charge in [-0.05, 0) is 55.0 Å². The highest BCUT2D eigenvalue weighted by Gasteiger charge is 2.41. The van der Waals surface area contributed by atoms with Crippen molar-refractivity contribution in [1.29, 1.82) is 0 Å². The van der Waals surface area contributed by atoms with E-state index in [4.69, 9.17) is 26.2 Å². The summed E-state index contributed by atoms with van der Waals surface area (Å²) >= 11 is 6.32. The standard InChI is InChI=1S/C26H23ClN2O2/c1-3-14-30-21-11-8-19(9-12-21)26-29-24(22-15-20(27)10-13-25(22)31-26)16-23(28-29)18-6-4-17(2)5-7-18/h3-13,15,24,26H,1,14,16H2,2H3. The Labute approximate surface area is 187 Å². The molecule has 4 nitrogen and oxygen atoms in total. The maximum atomic E-state index is 6.41. The van der Waals surface area contributed by atoms with Crippen LogP contribution in [0.2, 0.25) is 5.02 Å². The number of nitrogens with zero attached hydrogens (tertiary/aromatic N) is 2. The minimum Gasteiger partial charge on any atom is -0.490 e. The molecule has 3 aromatic rings. The average Bonchev–Trinajstić information content (AvgIpc) is 3.24. The van der Waals surface area contributed by atoms with Crippen molar-refractivity contribution in [3.05, 3.63) is 107 Å². The van der Waals surface area contributed by atoms with Crippen LogP contribution in [0.15, 0.2) is 84.5 Å². The Morgan fingerprint density at radius 2 is 1.90 bits per heavy atom. The van der Waals surface area contributed by atoms with E-state index in [0.29, 0.717) is 11.6 Å². The molecule has 5 rings (SSSR count). The van der Waals surface area contributed by atoms with Gasteiger partial charge in [0.15, 0.2) is 0 Å². The average molecular weight is 431 g/mol. The van der Waals surface area contributed by atoms with Gasteiger partial charge >= 0.3 is 0 Å². The molecule has 0 amide bonds. The number of benzene rings is 3. The van der Waals surface area contributed by atoms with E-state index in [0.717, 1.165) is 40.3 Å². The van der Waals surface area contributed by atoms with Gasteiger partial charge in [-0.15, -0.1) is 0 Å².